The molecule has 0 radical (unpaired) electrons. The normalized spacial score (nSPS) is 23.3. The van der Waals surface area contributed by atoms with Gasteiger partial charge in [-0.2, -0.15) is 0 Å². The molecule has 0 amide bonds. The Balaban J connectivity index is 1.94. The molecule has 2 aromatic rings. The third-order valence-corrected chi connectivity index (χ3v) is 6.50. The van der Waals surface area contributed by atoms with Gasteiger partial charge in [0, 0.05) is 12.0 Å². The van der Waals surface area contributed by atoms with Gasteiger partial charge in [0.2, 0.25) is 0 Å². The van der Waals surface area contributed by atoms with Gasteiger partial charge in [0.25, 0.3) is 5.69 Å². The molecule has 0 spiro atoms. The van der Waals surface area contributed by atoms with Crippen molar-refractivity contribution in [3.8, 4) is 0 Å². The number of nitro groups is 1. The van der Waals surface area contributed by atoms with Crippen LogP contribution in [-0.4, -0.2) is 4.92 Å². The average Bonchev–Trinajstić information content (AvgIpc) is 3.09. The Kier molecular flexibility index (Phi) is 4.20. The summed E-state index contributed by atoms with van der Waals surface area (Å²) < 4.78 is 0. The van der Waals surface area contributed by atoms with Crippen LogP contribution in [0.1, 0.15) is 40.6 Å². The second-order valence-electron chi connectivity index (χ2n) is 7.00. The first-order valence-corrected chi connectivity index (χ1v) is 9.31. The molecule has 0 bridgehead atoms. The van der Waals surface area contributed by atoms with E-state index in [1.165, 1.54) is 0 Å². The van der Waals surface area contributed by atoms with Crippen molar-refractivity contribution in [1.82, 2.24) is 0 Å². The Morgan fingerprint density at radius 3 is 2.77 bits per heavy atom. The van der Waals surface area contributed by atoms with E-state index in [9.17, 15) is 10.1 Å². The predicted octanol–water partition coefficient (Wildman–Crippen LogP) is 6.34. The number of allylic oxidation sites excluding steroid dienone is 2. The molecule has 134 valence electrons. The lowest BCUT2D eigenvalue weighted by molar-refractivity contribution is -0.384. The van der Waals surface area contributed by atoms with Gasteiger partial charge in [-0.05, 0) is 54.5 Å². The minimum atomic E-state index is -0.312. The number of halogens is 2. The van der Waals surface area contributed by atoms with Gasteiger partial charge in [0.15, 0.2) is 0 Å². The Bertz CT molecular complexity index is 955. The molecule has 3 atom stereocenters. The zero-order valence-corrected chi connectivity index (χ0v) is 15.9. The minimum absolute atomic E-state index is 0.116. The van der Waals surface area contributed by atoms with E-state index in [0.29, 0.717) is 15.7 Å². The number of nitrogens with zero attached hydrogens (tertiary/aromatic N) is 1. The summed E-state index contributed by atoms with van der Waals surface area (Å²) >= 11 is 12.7. The Morgan fingerprint density at radius 1 is 1.27 bits per heavy atom. The van der Waals surface area contributed by atoms with E-state index >= 15 is 0 Å². The largest absolute Gasteiger partial charge is 0.372 e. The van der Waals surface area contributed by atoms with Gasteiger partial charge in [-0.25, -0.2) is 0 Å². The smallest absolute Gasteiger partial charge is 0.292 e. The molecule has 2 aromatic carbocycles. The zero-order valence-electron chi connectivity index (χ0n) is 14.4. The summed E-state index contributed by atoms with van der Waals surface area (Å²) in [5, 5.41) is 16.1. The van der Waals surface area contributed by atoms with Crippen LogP contribution in [-0.2, 0) is 0 Å². The molecule has 0 saturated heterocycles. The number of hydrogen-bond donors (Lipinski definition) is 1. The number of hydrogen-bond acceptors (Lipinski definition) is 3. The second-order valence-corrected chi connectivity index (χ2v) is 7.79. The molecule has 0 unspecified atom stereocenters. The number of aryl methyl sites for hydroxylation is 1. The summed E-state index contributed by atoms with van der Waals surface area (Å²) in [5.41, 5.74) is 4.68. The lowest BCUT2D eigenvalue weighted by Gasteiger charge is -2.38. The molecular weight excluding hydrogens is 371 g/mol. The maximum atomic E-state index is 11.7. The second kappa shape index (κ2) is 6.29. The summed E-state index contributed by atoms with van der Waals surface area (Å²) in [6.45, 7) is 3.96. The summed E-state index contributed by atoms with van der Waals surface area (Å²) in [7, 11) is 0. The Morgan fingerprint density at radius 2 is 2.04 bits per heavy atom. The summed E-state index contributed by atoms with van der Waals surface area (Å²) in [5.74, 6) is 0.378. The van der Waals surface area contributed by atoms with Crippen molar-refractivity contribution in [2.75, 3.05) is 5.32 Å². The first-order valence-electron chi connectivity index (χ1n) is 8.55. The highest BCUT2D eigenvalue weighted by atomic mass is 35.5. The maximum Gasteiger partial charge on any atom is 0.292 e. The van der Waals surface area contributed by atoms with Crippen LogP contribution in [0.2, 0.25) is 10.0 Å². The molecule has 1 aliphatic carbocycles. The molecule has 26 heavy (non-hydrogen) atoms. The highest BCUT2D eigenvalue weighted by molar-refractivity contribution is 6.42. The Hall–Kier alpha value is -2.04. The van der Waals surface area contributed by atoms with Crippen LogP contribution < -0.4 is 5.32 Å². The van der Waals surface area contributed by atoms with E-state index < -0.39 is 0 Å². The number of fused-ring (bicyclic) bond motifs is 3. The quantitative estimate of drug-likeness (QED) is 0.370. The highest BCUT2D eigenvalue weighted by Gasteiger charge is 2.42. The number of benzene rings is 2. The van der Waals surface area contributed by atoms with Gasteiger partial charge in [0.1, 0.15) is 5.69 Å². The molecule has 0 fully saturated rings. The molecule has 1 aliphatic heterocycles. The van der Waals surface area contributed by atoms with E-state index in [1.807, 2.05) is 26.0 Å². The lowest BCUT2D eigenvalue weighted by Crippen LogP contribution is -2.30. The van der Waals surface area contributed by atoms with E-state index in [-0.39, 0.29) is 28.5 Å². The van der Waals surface area contributed by atoms with Crippen molar-refractivity contribution in [3.05, 3.63) is 78.8 Å². The lowest BCUT2D eigenvalue weighted by atomic mass is 9.74. The molecule has 0 saturated carbocycles. The molecule has 4 nitrogen and oxygen atoms in total. The first-order chi connectivity index (χ1) is 12.4. The van der Waals surface area contributed by atoms with Crippen LogP contribution >= 0.6 is 23.2 Å². The zero-order chi connectivity index (χ0) is 18.6. The average molecular weight is 389 g/mol. The van der Waals surface area contributed by atoms with Crippen molar-refractivity contribution < 1.29 is 4.92 Å². The fourth-order valence-corrected chi connectivity index (χ4v) is 4.72. The molecule has 0 aromatic heterocycles. The summed E-state index contributed by atoms with van der Waals surface area (Å²) in [4.78, 5) is 11.4. The van der Waals surface area contributed by atoms with E-state index in [2.05, 4.69) is 17.5 Å². The molecule has 1 N–H and O–H groups in total. The SMILES string of the molecule is Cc1cc([N+](=O)[O-])c2c(c1C)[C@@H]1C=CC[C@H]1[C@H](c1cccc(Cl)c1Cl)N2. The van der Waals surface area contributed by atoms with Gasteiger partial charge >= 0.3 is 0 Å². The fraction of sp³-hybridized carbons (Fsp3) is 0.300. The van der Waals surface area contributed by atoms with Crippen LogP contribution in [0.5, 0.6) is 0 Å². The first kappa shape index (κ1) is 17.4. The van der Waals surface area contributed by atoms with Crippen molar-refractivity contribution in [1.29, 1.82) is 0 Å². The highest BCUT2D eigenvalue weighted by Crippen LogP contribution is 2.54. The minimum Gasteiger partial charge on any atom is -0.372 e. The molecular formula is C20H18Cl2N2O2. The van der Waals surface area contributed by atoms with Crippen LogP contribution in [0.4, 0.5) is 11.4 Å². The van der Waals surface area contributed by atoms with Gasteiger partial charge in [-0.15, -0.1) is 0 Å². The number of anilines is 1. The molecule has 1 heterocycles. The number of rotatable bonds is 2. The van der Waals surface area contributed by atoms with Gasteiger partial charge in [-0.3, -0.25) is 10.1 Å². The van der Waals surface area contributed by atoms with E-state index in [1.54, 1.807) is 12.1 Å². The molecule has 2 aliphatic rings. The van der Waals surface area contributed by atoms with Gasteiger partial charge < -0.3 is 5.32 Å². The van der Waals surface area contributed by atoms with Crippen LogP contribution in [0, 0.1) is 29.9 Å². The van der Waals surface area contributed by atoms with Crippen LogP contribution in [0.25, 0.3) is 0 Å². The van der Waals surface area contributed by atoms with Gasteiger partial charge in [0.05, 0.1) is 21.0 Å². The Labute approximate surface area is 162 Å². The third-order valence-electron chi connectivity index (χ3n) is 5.66. The molecule has 6 heteroatoms. The van der Waals surface area contributed by atoms with E-state index in [0.717, 1.165) is 28.7 Å². The van der Waals surface area contributed by atoms with Crippen LogP contribution in [0.15, 0.2) is 36.4 Å². The topological polar surface area (TPSA) is 55.2 Å². The molecule has 4 rings (SSSR count). The van der Waals surface area contributed by atoms with Crippen molar-refractivity contribution in [3.63, 3.8) is 0 Å². The summed E-state index contributed by atoms with van der Waals surface area (Å²) in [6.07, 6.45) is 5.23. The van der Waals surface area contributed by atoms with Crippen molar-refractivity contribution in [2.45, 2.75) is 32.2 Å². The monoisotopic (exact) mass is 388 g/mol. The van der Waals surface area contributed by atoms with Crippen LogP contribution in [0.3, 0.4) is 0 Å². The van der Waals surface area contributed by atoms with E-state index in [4.69, 9.17) is 23.2 Å². The third kappa shape index (κ3) is 2.51. The fourth-order valence-electron chi connectivity index (χ4n) is 4.29. The van der Waals surface area contributed by atoms with Gasteiger partial charge in [-0.1, -0.05) is 47.5 Å². The number of nitro benzene ring substituents is 1. The summed E-state index contributed by atoms with van der Waals surface area (Å²) in [6, 6.07) is 7.09. The predicted molar refractivity (Wildman–Crippen MR) is 105 cm³/mol. The maximum absolute atomic E-state index is 11.7. The van der Waals surface area contributed by atoms with Crippen molar-refractivity contribution in [2.24, 2.45) is 5.92 Å². The standard InChI is InChI=1S/C20H18Cl2N2O2/c1-10-9-16(24(25)26)20-17(11(10)2)12-5-3-6-13(12)19(23-20)14-7-4-8-15(21)18(14)22/h3-5,7-9,12-13,19,23H,6H2,1-2H3/t12-,13-,19-/m1/s1. The number of nitrogens with one attached hydrogen (secondary N) is 1. The van der Waals surface area contributed by atoms with Crippen molar-refractivity contribution >= 4 is 34.6 Å².